The van der Waals surface area contributed by atoms with E-state index in [-0.39, 0.29) is 5.91 Å². The summed E-state index contributed by atoms with van der Waals surface area (Å²) >= 11 is 0. The number of benzene rings is 1. The second kappa shape index (κ2) is 6.34. The minimum Gasteiger partial charge on any atom is -0.492 e. The van der Waals surface area contributed by atoms with E-state index in [1.807, 2.05) is 13.0 Å². The molecule has 0 fully saturated rings. The van der Waals surface area contributed by atoms with Crippen molar-refractivity contribution < 1.29 is 9.53 Å². The van der Waals surface area contributed by atoms with Gasteiger partial charge in [-0.1, -0.05) is 6.07 Å². The van der Waals surface area contributed by atoms with Gasteiger partial charge in [-0.3, -0.25) is 4.79 Å². The molecule has 0 saturated heterocycles. The lowest BCUT2D eigenvalue weighted by Crippen LogP contribution is -2.13. The standard InChI is InChI=1S/C15H13N3O2/c1-2-20-13-7-6-11(9-12(13)10-16)15(19)18-14-5-3-4-8-17-14/h3-9H,2H2,1H3,(H,17,18,19). The van der Waals surface area contributed by atoms with Crippen LogP contribution >= 0.6 is 0 Å². The molecule has 0 aliphatic heterocycles. The molecule has 0 saturated carbocycles. The molecule has 100 valence electrons. The minimum absolute atomic E-state index is 0.316. The van der Waals surface area contributed by atoms with E-state index in [2.05, 4.69) is 10.3 Å². The molecule has 0 unspecified atom stereocenters. The molecule has 0 bridgehead atoms. The Hall–Kier alpha value is -2.87. The average molecular weight is 267 g/mol. The summed E-state index contributed by atoms with van der Waals surface area (Å²) in [4.78, 5) is 16.1. The fourth-order valence-corrected chi connectivity index (χ4v) is 1.67. The maximum atomic E-state index is 12.1. The Morgan fingerprint density at radius 2 is 2.25 bits per heavy atom. The third-order valence-electron chi connectivity index (χ3n) is 2.57. The second-order valence-electron chi connectivity index (χ2n) is 3.92. The maximum absolute atomic E-state index is 12.1. The first kappa shape index (κ1) is 13.6. The zero-order chi connectivity index (χ0) is 14.4. The highest BCUT2D eigenvalue weighted by Crippen LogP contribution is 2.20. The number of hydrogen-bond acceptors (Lipinski definition) is 4. The molecule has 1 heterocycles. The molecule has 0 radical (unpaired) electrons. The number of amides is 1. The number of ether oxygens (including phenoxy) is 1. The normalized spacial score (nSPS) is 9.60. The number of nitrogens with zero attached hydrogens (tertiary/aromatic N) is 2. The monoisotopic (exact) mass is 267 g/mol. The van der Waals surface area contributed by atoms with E-state index in [1.54, 1.807) is 36.5 Å². The van der Waals surface area contributed by atoms with Crippen LogP contribution in [0.2, 0.25) is 0 Å². The molecule has 5 heteroatoms. The van der Waals surface area contributed by atoms with Crippen LogP contribution < -0.4 is 10.1 Å². The Morgan fingerprint density at radius 1 is 1.40 bits per heavy atom. The number of anilines is 1. The smallest absolute Gasteiger partial charge is 0.256 e. The van der Waals surface area contributed by atoms with E-state index in [0.717, 1.165) is 0 Å². The average Bonchev–Trinajstić information content (AvgIpc) is 2.49. The first-order chi connectivity index (χ1) is 9.74. The Morgan fingerprint density at radius 3 is 2.90 bits per heavy atom. The lowest BCUT2D eigenvalue weighted by Gasteiger charge is -2.08. The molecule has 1 amide bonds. The Balaban J connectivity index is 2.21. The molecule has 20 heavy (non-hydrogen) atoms. The Kier molecular flexibility index (Phi) is 4.30. The largest absolute Gasteiger partial charge is 0.492 e. The predicted molar refractivity (Wildman–Crippen MR) is 74.5 cm³/mol. The van der Waals surface area contributed by atoms with Gasteiger partial charge in [0, 0.05) is 11.8 Å². The highest BCUT2D eigenvalue weighted by Gasteiger charge is 2.10. The van der Waals surface area contributed by atoms with Gasteiger partial charge in [0.1, 0.15) is 17.6 Å². The fourth-order valence-electron chi connectivity index (χ4n) is 1.67. The number of hydrogen-bond donors (Lipinski definition) is 1. The van der Waals surface area contributed by atoms with Crippen molar-refractivity contribution in [2.75, 3.05) is 11.9 Å². The first-order valence-electron chi connectivity index (χ1n) is 6.14. The van der Waals surface area contributed by atoms with Gasteiger partial charge in [0.15, 0.2) is 0 Å². The number of carbonyl (C=O) groups excluding carboxylic acids is 1. The number of carbonyl (C=O) groups is 1. The van der Waals surface area contributed by atoms with Gasteiger partial charge in [-0.25, -0.2) is 4.98 Å². The van der Waals surface area contributed by atoms with Crippen molar-refractivity contribution in [1.82, 2.24) is 4.98 Å². The summed E-state index contributed by atoms with van der Waals surface area (Å²) in [6.07, 6.45) is 1.59. The third kappa shape index (κ3) is 3.12. The van der Waals surface area contributed by atoms with Crippen LogP contribution in [0, 0.1) is 11.3 Å². The topological polar surface area (TPSA) is 75.0 Å². The molecular formula is C15H13N3O2. The molecular weight excluding hydrogens is 254 g/mol. The highest BCUT2D eigenvalue weighted by molar-refractivity contribution is 6.04. The molecule has 1 aromatic carbocycles. The van der Waals surface area contributed by atoms with Crippen molar-refractivity contribution in [3.05, 3.63) is 53.7 Å². The van der Waals surface area contributed by atoms with E-state index in [9.17, 15) is 4.79 Å². The van der Waals surface area contributed by atoms with Crippen molar-refractivity contribution in [1.29, 1.82) is 5.26 Å². The van der Waals surface area contributed by atoms with Gasteiger partial charge in [-0.05, 0) is 37.3 Å². The van der Waals surface area contributed by atoms with Crippen LogP contribution in [0.3, 0.4) is 0 Å². The Labute approximate surface area is 116 Å². The van der Waals surface area contributed by atoms with Crippen molar-refractivity contribution in [3.8, 4) is 11.8 Å². The third-order valence-corrected chi connectivity index (χ3v) is 2.57. The minimum atomic E-state index is -0.316. The van der Waals surface area contributed by atoms with Gasteiger partial charge in [0.05, 0.1) is 12.2 Å². The van der Waals surface area contributed by atoms with Crippen molar-refractivity contribution in [3.63, 3.8) is 0 Å². The van der Waals surface area contributed by atoms with Crippen LogP contribution in [-0.4, -0.2) is 17.5 Å². The maximum Gasteiger partial charge on any atom is 0.256 e. The lowest BCUT2D eigenvalue weighted by molar-refractivity contribution is 0.102. The highest BCUT2D eigenvalue weighted by atomic mass is 16.5. The summed E-state index contributed by atoms with van der Waals surface area (Å²) in [5.41, 5.74) is 0.719. The van der Waals surface area contributed by atoms with Crippen molar-refractivity contribution >= 4 is 11.7 Å². The summed E-state index contributed by atoms with van der Waals surface area (Å²) in [6, 6.07) is 12.0. The van der Waals surface area contributed by atoms with Gasteiger partial charge in [0.25, 0.3) is 5.91 Å². The van der Waals surface area contributed by atoms with E-state index < -0.39 is 0 Å². The van der Waals surface area contributed by atoms with E-state index >= 15 is 0 Å². The molecule has 0 aliphatic rings. The van der Waals surface area contributed by atoms with Crippen LogP contribution in [-0.2, 0) is 0 Å². The van der Waals surface area contributed by atoms with E-state index in [1.165, 1.54) is 6.07 Å². The molecule has 1 aromatic heterocycles. The SMILES string of the molecule is CCOc1ccc(C(=O)Nc2ccccn2)cc1C#N. The number of rotatable bonds is 4. The van der Waals surface area contributed by atoms with Gasteiger partial charge in [-0.2, -0.15) is 5.26 Å². The summed E-state index contributed by atoms with van der Waals surface area (Å²) in [6.45, 7) is 2.30. The van der Waals surface area contributed by atoms with E-state index in [0.29, 0.717) is 29.3 Å². The van der Waals surface area contributed by atoms with Crippen molar-refractivity contribution in [2.24, 2.45) is 0 Å². The molecule has 0 aliphatic carbocycles. The van der Waals surface area contributed by atoms with Crippen molar-refractivity contribution in [2.45, 2.75) is 6.92 Å². The van der Waals surface area contributed by atoms with Crippen LogP contribution in [0.4, 0.5) is 5.82 Å². The van der Waals surface area contributed by atoms with Gasteiger partial charge in [-0.15, -0.1) is 0 Å². The number of nitriles is 1. The van der Waals surface area contributed by atoms with Crippen LogP contribution in [0.5, 0.6) is 5.75 Å². The van der Waals surface area contributed by atoms with Crippen LogP contribution in [0.15, 0.2) is 42.6 Å². The summed E-state index contributed by atoms with van der Waals surface area (Å²) in [5.74, 6) is 0.623. The summed E-state index contributed by atoms with van der Waals surface area (Å²) in [5, 5.41) is 11.7. The first-order valence-corrected chi connectivity index (χ1v) is 6.14. The van der Waals surface area contributed by atoms with Gasteiger partial charge in [0.2, 0.25) is 0 Å². The predicted octanol–water partition coefficient (Wildman–Crippen LogP) is 2.60. The number of nitrogens with one attached hydrogen (secondary N) is 1. The zero-order valence-electron chi connectivity index (χ0n) is 11.0. The molecule has 2 aromatic rings. The zero-order valence-corrected chi connectivity index (χ0v) is 11.0. The quantitative estimate of drug-likeness (QED) is 0.923. The molecule has 5 nitrogen and oxygen atoms in total. The number of aromatic nitrogens is 1. The molecule has 0 atom stereocenters. The molecule has 0 spiro atoms. The van der Waals surface area contributed by atoms with Crippen LogP contribution in [0.25, 0.3) is 0 Å². The molecule has 1 N–H and O–H groups in total. The Bertz CT molecular complexity index is 648. The fraction of sp³-hybridized carbons (Fsp3) is 0.133. The van der Waals surface area contributed by atoms with Crippen LogP contribution in [0.1, 0.15) is 22.8 Å². The second-order valence-corrected chi connectivity index (χ2v) is 3.92. The summed E-state index contributed by atoms with van der Waals surface area (Å²) in [7, 11) is 0. The van der Waals surface area contributed by atoms with Gasteiger partial charge >= 0.3 is 0 Å². The van der Waals surface area contributed by atoms with E-state index in [4.69, 9.17) is 10.00 Å². The molecule has 2 rings (SSSR count). The number of pyridine rings is 1. The lowest BCUT2D eigenvalue weighted by atomic mass is 10.1. The van der Waals surface area contributed by atoms with Gasteiger partial charge < -0.3 is 10.1 Å². The summed E-state index contributed by atoms with van der Waals surface area (Å²) < 4.78 is 5.31.